The Morgan fingerprint density at radius 2 is 1.73 bits per heavy atom. The summed E-state index contributed by atoms with van der Waals surface area (Å²) >= 11 is 0. The van der Waals surface area contributed by atoms with Crippen LogP contribution >= 0.6 is 0 Å². The number of nitrogens with one attached hydrogen (secondary N) is 2. The maximum absolute atomic E-state index is 15.0. The number of ether oxygens (including phenoxy) is 1. The Balaban J connectivity index is 1.59. The number of nitrogens with zero attached hydrogens (tertiary/aromatic N) is 1. The van der Waals surface area contributed by atoms with E-state index in [0.717, 1.165) is 12.1 Å². The van der Waals surface area contributed by atoms with Gasteiger partial charge in [0.2, 0.25) is 17.7 Å². The zero-order valence-corrected chi connectivity index (χ0v) is 24.9. The van der Waals surface area contributed by atoms with Gasteiger partial charge in [-0.05, 0) is 85.3 Å². The second-order valence-electron chi connectivity index (χ2n) is 10.9. The second kappa shape index (κ2) is 12.2. The first kappa shape index (κ1) is 30.9. The van der Waals surface area contributed by atoms with Gasteiger partial charge in [-0.1, -0.05) is 6.07 Å². The van der Waals surface area contributed by atoms with Gasteiger partial charge in [0.1, 0.15) is 11.9 Å². The minimum Gasteiger partial charge on any atom is -0.494 e. The molecule has 3 amide bonds. The van der Waals surface area contributed by atoms with Gasteiger partial charge in [-0.25, -0.2) is 17.2 Å². The number of nitrogens with two attached hydrogens (primary N) is 1. The number of carbonyl (C=O) groups excluding carboxylic acids is 3. The average molecular weight is 627 g/mol. The van der Waals surface area contributed by atoms with E-state index >= 15 is 0 Å². The van der Waals surface area contributed by atoms with Crippen LogP contribution in [0.5, 0.6) is 5.75 Å². The molecule has 0 unspecified atom stereocenters. The molecule has 0 bridgehead atoms. The molecule has 1 heterocycles. The average Bonchev–Trinajstić information content (AvgIpc) is 3.74. The van der Waals surface area contributed by atoms with Crippen molar-refractivity contribution in [3.8, 4) is 5.75 Å². The predicted molar refractivity (Wildman–Crippen MR) is 159 cm³/mol. The number of halogens is 2. The summed E-state index contributed by atoms with van der Waals surface area (Å²) in [6.45, 7) is 1.58. The van der Waals surface area contributed by atoms with Crippen LogP contribution in [0.15, 0.2) is 59.5 Å². The van der Waals surface area contributed by atoms with Crippen molar-refractivity contribution >= 4 is 38.9 Å². The summed E-state index contributed by atoms with van der Waals surface area (Å²) in [6.07, 6.45) is 2.04. The topological polar surface area (TPSA) is 148 Å². The third-order valence-corrected chi connectivity index (χ3v) is 10.1. The van der Waals surface area contributed by atoms with Crippen LogP contribution in [0.2, 0.25) is 0 Å². The van der Waals surface area contributed by atoms with E-state index in [2.05, 4.69) is 10.6 Å². The fourth-order valence-electron chi connectivity index (χ4n) is 5.51. The highest BCUT2D eigenvalue weighted by molar-refractivity contribution is 7.92. The molecule has 232 valence electrons. The van der Waals surface area contributed by atoms with Crippen molar-refractivity contribution in [3.63, 3.8) is 0 Å². The number of primary amides is 1. The number of rotatable bonds is 10. The lowest BCUT2D eigenvalue weighted by atomic mass is 10.0. The molecule has 0 aromatic heterocycles. The molecule has 3 aromatic carbocycles. The number of methoxy groups -OCH3 is 1. The molecule has 1 aliphatic heterocycles. The molecule has 1 saturated carbocycles. The summed E-state index contributed by atoms with van der Waals surface area (Å²) in [5.41, 5.74) is 6.18. The molecule has 4 N–H and O–H groups in total. The standard InChI is InChI=1S/C31H32F2N4O6S/c1-17(38)35-20-7-12-28(44(41,42)21-8-9-21)22(16-20)26-4-3-13-37(26)31(40)29(18-5-11-24(33)27(15-18)43-2)36-25-14-19(30(34)39)6-10-23(25)32/h5-7,10-12,14-16,21,26,29,36H,3-4,8-9,13H2,1-2H3,(H2,34,39)(H,35,38)/t26-,29+/m1/s1. The Kier molecular flexibility index (Phi) is 8.60. The quantitative estimate of drug-likeness (QED) is 0.301. The summed E-state index contributed by atoms with van der Waals surface area (Å²) in [5, 5.41) is 5.03. The fourth-order valence-corrected chi connectivity index (χ4v) is 7.41. The normalized spacial score (nSPS) is 17.2. The third-order valence-electron chi connectivity index (χ3n) is 7.80. The van der Waals surface area contributed by atoms with Crippen molar-refractivity contribution in [2.45, 2.75) is 54.8 Å². The zero-order valence-electron chi connectivity index (χ0n) is 24.1. The smallest absolute Gasteiger partial charge is 0.250 e. The van der Waals surface area contributed by atoms with Crippen molar-refractivity contribution in [1.82, 2.24) is 4.90 Å². The molecule has 10 nitrogen and oxygen atoms in total. The Morgan fingerprint density at radius 3 is 2.39 bits per heavy atom. The Hall–Kier alpha value is -4.52. The largest absolute Gasteiger partial charge is 0.494 e. The van der Waals surface area contributed by atoms with E-state index in [0.29, 0.717) is 36.9 Å². The SMILES string of the molecule is COc1cc([C@H](Nc2cc(C(N)=O)ccc2F)C(=O)N2CCC[C@@H]2c2cc(NC(C)=O)ccc2S(=O)(=O)C2CC2)ccc1F. The predicted octanol–water partition coefficient (Wildman–Crippen LogP) is 4.48. The Morgan fingerprint density at radius 1 is 1.00 bits per heavy atom. The number of sulfone groups is 1. The van der Waals surface area contributed by atoms with E-state index in [4.69, 9.17) is 10.5 Å². The maximum atomic E-state index is 15.0. The molecule has 2 atom stereocenters. The van der Waals surface area contributed by atoms with E-state index in [1.54, 1.807) is 6.07 Å². The molecule has 2 fully saturated rings. The van der Waals surface area contributed by atoms with Gasteiger partial charge in [0.25, 0.3) is 0 Å². The van der Waals surface area contributed by atoms with E-state index in [1.165, 1.54) is 55.3 Å². The first-order chi connectivity index (χ1) is 20.9. The van der Waals surface area contributed by atoms with Crippen LogP contribution in [0.3, 0.4) is 0 Å². The minimum absolute atomic E-state index is 0.000505. The second-order valence-corrected chi connectivity index (χ2v) is 13.1. The number of hydrogen-bond acceptors (Lipinski definition) is 7. The Bertz CT molecular complexity index is 1740. The van der Waals surface area contributed by atoms with Crippen molar-refractivity contribution in [2.24, 2.45) is 5.73 Å². The van der Waals surface area contributed by atoms with Crippen LogP contribution in [0.4, 0.5) is 20.2 Å². The molecular weight excluding hydrogens is 594 g/mol. The molecule has 1 saturated heterocycles. The van der Waals surface area contributed by atoms with Gasteiger partial charge >= 0.3 is 0 Å². The number of carbonyl (C=O) groups is 3. The van der Waals surface area contributed by atoms with Crippen molar-refractivity contribution in [3.05, 3.63) is 82.9 Å². The van der Waals surface area contributed by atoms with Crippen LogP contribution in [0, 0.1) is 11.6 Å². The van der Waals surface area contributed by atoms with Crippen LogP contribution in [-0.4, -0.2) is 49.9 Å². The van der Waals surface area contributed by atoms with E-state index in [1.807, 2.05) is 0 Å². The van der Waals surface area contributed by atoms with Gasteiger partial charge in [0.05, 0.1) is 29.0 Å². The molecule has 0 spiro atoms. The molecule has 0 radical (unpaired) electrons. The fraction of sp³-hybridized carbons (Fsp3) is 0.323. The van der Waals surface area contributed by atoms with E-state index in [-0.39, 0.29) is 39.9 Å². The number of benzene rings is 3. The third kappa shape index (κ3) is 6.23. The monoisotopic (exact) mass is 626 g/mol. The highest BCUT2D eigenvalue weighted by atomic mass is 32.2. The van der Waals surface area contributed by atoms with Gasteiger partial charge in [0.15, 0.2) is 21.4 Å². The minimum atomic E-state index is -3.70. The lowest BCUT2D eigenvalue weighted by molar-refractivity contribution is -0.133. The zero-order chi connectivity index (χ0) is 31.8. The van der Waals surface area contributed by atoms with Crippen molar-refractivity contribution < 1.29 is 36.3 Å². The first-order valence-corrected chi connectivity index (χ1v) is 15.6. The van der Waals surface area contributed by atoms with Crippen LogP contribution in [0.25, 0.3) is 0 Å². The van der Waals surface area contributed by atoms with Gasteiger partial charge in [-0.15, -0.1) is 0 Å². The van der Waals surface area contributed by atoms with Crippen LogP contribution < -0.4 is 21.1 Å². The summed E-state index contributed by atoms with van der Waals surface area (Å²) in [6, 6.07) is 9.76. The van der Waals surface area contributed by atoms with Crippen LogP contribution in [0.1, 0.15) is 66.2 Å². The van der Waals surface area contributed by atoms with Gasteiger partial charge in [-0.2, -0.15) is 0 Å². The summed E-state index contributed by atoms with van der Waals surface area (Å²) in [7, 11) is -2.43. The van der Waals surface area contributed by atoms with Crippen molar-refractivity contribution in [2.75, 3.05) is 24.3 Å². The van der Waals surface area contributed by atoms with E-state index < -0.39 is 50.6 Å². The number of anilines is 2. The lowest BCUT2D eigenvalue weighted by Crippen LogP contribution is -2.38. The highest BCUT2D eigenvalue weighted by Gasteiger charge is 2.42. The molecule has 2 aliphatic rings. The van der Waals surface area contributed by atoms with Gasteiger partial charge < -0.3 is 26.0 Å². The summed E-state index contributed by atoms with van der Waals surface area (Å²) in [4.78, 5) is 39.6. The van der Waals surface area contributed by atoms with Crippen molar-refractivity contribution in [1.29, 1.82) is 0 Å². The van der Waals surface area contributed by atoms with Gasteiger partial charge in [0, 0.05) is 24.7 Å². The highest BCUT2D eigenvalue weighted by Crippen LogP contribution is 2.43. The molecule has 3 aromatic rings. The molecule has 13 heteroatoms. The number of hydrogen-bond donors (Lipinski definition) is 3. The van der Waals surface area contributed by atoms with Crippen LogP contribution in [-0.2, 0) is 19.4 Å². The molecule has 44 heavy (non-hydrogen) atoms. The molecule has 1 aliphatic carbocycles. The maximum Gasteiger partial charge on any atom is 0.250 e. The molecular formula is C31H32F2N4O6S. The van der Waals surface area contributed by atoms with Gasteiger partial charge in [-0.3, -0.25) is 14.4 Å². The molecule has 5 rings (SSSR count). The first-order valence-electron chi connectivity index (χ1n) is 14.1. The number of amides is 3. The Labute approximate surface area is 253 Å². The van der Waals surface area contributed by atoms with E-state index in [9.17, 15) is 31.6 Å². The summed E-state index contributed by atoms with van der Waals surface area (Å²) < 4.78 is 61.4. The lowest BCUT2D eigenvalue weighted by Gasteiger charge is -2.31. The number of likely N-dealkylation sites (tertiary alicyclic amines) is 1. The summed E-state index contributed by atoms with van der Waals surface area (Å²) in [5.74, 6) is -3.28.